The summed E-state index contributed by atoms with van der Waals surface area (Å²) in [6.45, 7) is 0. The molecule has 0 unspecified atom stereocenters. The molecule has 0 saturated carbocycles. The van der Waals surface area contributed by atoms with Crippen molar-refractivity contribution in [2.24, 2.45) is 0 Å². The molecule has 0 aliphatic rings. The molecule has 0 aliphatic carbocycles. The monoisotopic (exact) mass is 263 g/mol. The van der Waals surface area contributed by atoms with E-state index in [-0.39, 0.29) is 22.9 Å². The van der Waals surface area contributed by atoms with Crippen molar-refractivity contribution < 1.29 is 18.1 Å². The van der Waals surface area contributed by atoms with Crippen LogP contribution in [0, 0.1) is 11.6 Å². The Balaban J connectivity index is 1.92. The third-order valence-corrected chi connectivity index (χ3v) is 2.31. The first-order chi connectivity index (χ1) is 9.06. The first-order valence-electron chi connectivity index (χ1n) is 5.31. The van der Waals surface area contributed by atoms with Gasteiger partial charge in [0.25, 0.3) is 0 Å². The summed E-state index contributed by atoms with van der Waals surface area (Å²) in [6.07, 6.45) is 0. The summed E-state index contributed by atoms with van der Waals surface area (Å²) in [5.74, 6) is -0.765. The lowest BCUT2D eigenvalue weighted by Crippen LogP contribution is -2.11. The highest BCUT2D eigenvalue weighted by Gasteiger charge is 2.06. The van der Waals surface area contributed by atoms with E-state index in [9.17, 15) is 8.78 Å². The Morgan fingerprint density at radius 1 is 0.789 bits per heavy atom. The normalized spacial score (nSPS) is 10.0. The first kappa shape index (κ1) is 13.0. The van der Waals surface area contributed by atoms with Gasteiger partial charge < -0.3 is 20.8 Å². The molecule has 0 amide bonds. The van der Waals surface area contributed by atoms with E-state index in [0.29, 0.717) is 0 Å². The van der Waals surface area contributed by atoms with E-state index >= 15 is 0 Å². The molecule has 7 heteroatoms. The topological polar surface area (TPSA) is 70.5 Å². The van der Waals surface area contributed by atoms with Gasteiger partial charge in [-0.25, -0.2) is 8.78 Å². The van der Waals surface area contributed by atoms with Crippen molar-refractivity contribution in [3.63, 3.8) is 0 Å². The van der Waals surface area contributed by atoms with Gasteiger partial charge in [-0.05, 0) is 24.3 Å². The smallest absolute Gasteiger partial charge is 0.526 e. The molecule has 0 aliphatic heterocycles. The predicted octanol–water partition coefficient (Wildman–Crippen LogP) is 2.12. The minimum atomic E-state index is -0.593. The van der Waals surface area contributed by atoms with E-state index in [1.165, 1.54) is 24.3 Å². The van der Waals surface area contributed by atoms with Crippen LogP contribution < -0.4 is 20.8 Å². The van der Waals surface area contributed by atoms with Crippen molar-refractivity contribution in [3.8, 4) is 11.5 Å². The molecule has 0 spiro atoms. The molecule has 2 rings (SSSR count). The number of hydrogen-bond donors (Lipinski definition) is 2. The van der Waals surface area contributed by atoms with Crippen LogP contribution in [0.15, 0.2) is 36.4 Å². The third kappa shape index (κ3) is 3.28. The highest BCUT2D eigenvalue weighted by Crippen LogP contribution is 2.19. The largest absolute Gasteiger partial charge is 0.658 e. The molecule has 4 nitrogen and oxygen atoms in total. The summed E-state index contributed by atoms with van der Waals surface area (Å²) in [7, 11) is 0.954. The maximum absolute atomic E-state index is 13.1. The van der Waals surface area contributed by atoms with Gasteiger partial charge in [0.05, 0.1) is 11.4 Å². The van der Waals surface area contributed by atoms with E-state index < -0.39 is 11.6 Å². The molecule has 1 radical (unpaired) electrons. The van der Waals surface area contributed by atoms with E-state index in [1.807, 2.05) is 0 Å². The predicted molar refractivity (Wildman–Crippen MR) is 68.6 cm³/mol. The Hall–Kier alpha value is -2.44. The minimum Gasteiger partial charge on any atom is -0.526 e. The number of anilines is 2. The molecule has 2 aromatic rings. The van der Waals surface area contributed by atoms with Crippen LogP contribution in [-0.4, -0.2) is 7.69 Å². The van der Waals surface area contributed by atoms with Gasteiger partial charge in [-0.15, -0.1) is 0 Å². The van der Waals surface area contributed by atoms with Crippen LogP contribution >= 0.6 is 0 Å². The zero-order valence-electron chi connectivity index (χ0n) is 9.77. The van der Waals surface area contributed by atoms with Gasteiger partial charge in [-0.1, -0.05) is 0 Å². The summed E-state index contributed by atoms with van der Waals surface area (Å²) in [5, 5.41) is 0. The van der Waals surface area contributed by atoms with Crippen LogP contribution in [0.5, 0.6) is 11.5 Å². The summed E-state index contributed by atoms with van der Waals surface area (Å²) >= 11 is 0. The van der Waals surface area contributed by atoms with Crippen LogP contribution in [0.1, 0.15) is 0 Å². The molecule has 0 fully saturated rings. The second kappa shape index (κ2) is 5.47. The minimum absolute atomic E-state index is 0.0221. The molecule has 19 heavy (non-hydrogen) atoms. The zero-order valence-corrected chi connectivity index (χ0v) is 9.77. The van der Waals surface area contributed by atoms with Crippen molar-refractivity contribution in [3.05, 3.63) is 48.0 Å². The molecule has 0 saturated heterocycles. The lowest BCUT2D eigenvalue weighted by atomic mass is 10.2. The average molecular weight is 263 g/mol. The molecule has 0 atom stereocenters. The summed E-state index contributed by atoms with van der Waals surface area (Å²) in [6, 6.07) is 7.89. The summed E-state index contributed by atoms with van der Waals surface area (Å²) in [4.78, 5) is 0. The van der Waals surface area contributed by atoms with E-state index in [0.717, 1.165) is 19.8 Å². The van der Waals surface area contributed by atoms with Crippen LogP contribution in [0.25, 0.3) is 0 Å². The lowest BCUT2D eigenvalue weighted by Gasteiger charge is -2.07. The molecule has 0 aromatic heterocycles. The molecule has 4 N–H and O–H groups in total. The van der Waals surface area contributed by atoms with E-state index in [4.69, 9.17) is 20.8 Å². The van der Waals surface area contributed by atoms with Crippen molar-refractivity contribution >= 4 is 19.1 Å². The standard InChI is InChI=1S/C12H10BF2N2O2/c14-9-5-7(1-3-11(9)16)18-13-19-8-2-4-12(17)10(15)6-8/h1-6H,16-17H2. The van der Waals surface area contributed by atoms with Gasteiger partial charge in [-0.2, -0.15) is 0 Å². The number of hydrogen-bond acceptors (Lipinski definition) is 4. The van der Waals surface area contributed by atoms with Gasteiger partial charge in [0, 0.05) is 12.1 Å². The Kier molecular flexibility index (Phi) is 3.75. The Bertz CT molecular complexity index is 544. The van der Waals surface area contributed by atoms with Crippen LogP contribution in [0.2, 0.25) is 0 Å². The quantitative estimate of drug-likeness (QED) is 0.654. The van der Waals surface area contributed by atoms with Crippen molar-refractivity contribution in [1.29, 1.82) is 0 Å². The van der Waals surface area contributed by atoms with Crippen LogP contribution in [0.3, 0.4) is 0 Å². The molecule has 2 aromatic carbocycles. The van der Waals surface area contributed by atoms with Crippen molar-refractivity contribution in [2.75, 3.05) is 11.5 Å². The van der Waals surface area contributed by atoms with Gasteiger partial charge in [0.15, 0.2) is 0 Å². The molecule has 0 bridgehead atoms. The number of benzene rings is 2. The zero-order chi connectivity index (χ0) is 13.8. The van der Waals surface area contributed by atoms with Gasteiger partial charge in [-0.3, -0.25) is 0 Å². The van der Waals surface area contributed by atoms with E-state index in [2.05, 4.69) is 0 Å². The fraction of sp³-hybridized carbons (Fsp3) is 0. The maximum Gasteiger partial charge on any atom is 0.658 e. The summed E-state index contributed by atoms with van der Waals surface area (Å²) < 4.78 is 36.2. The second-order valence-electron chi connectivity index (χ2n) is 3.70. The maximum atomic E-state index is 13.1. The highest BCUT2D eigenvalue weighted by molar-refractivity contribution is 6.20. The highest BCUT2D eigenvalue weighted by atomic mass is 19.1. The number of rotatable bonds is 4. The van der Waals surface area contributed by atoms with Crippen LogP contribution in [-0.2, 0) is 0 Å². The molecular weight excluding hydrogens is 253 g/mol. The number of halogens is 2. The van der Waals surface area contributed by atoms with Gasteiger partial charge in [0.2, 0.25) is 0 Å². The first-order valence-corrected chi connectivity index (χ1v) is 5.31. The molecule has 97 valence electrons. The number of nitrogen functional groups attached to an aromatic ring is 2. The van der Waals surface area contributed by atoms with Crippen molar-refractivity contribution in [1.82, 2.24) is 0 Å². The Morgan fingerprint density at radius 3 is 1.58 bits per heavy atom. The van der Waals surface area contributed by atoms with Crippen LogP contribution in [0.4, 0.5) is 20.2 Å². The fourth-order valence-corrected chi connectivity index (χ4v) is 1.30. The molecular formula is C12H10BF2N2O2. The van der Waals surface area contributed by atoms with E-state index in [1.54, 1.807) is 0 Å². The Labute approximate surface area is 109 Å². The fourth-order valence-electron chi connectivity index (χ4n) is 1.30. The third-order valence-electron chi connectivity index (χ3n) is 2.31. The average Bonchev–Trinajstić information content (AvgIpc) is 2.38. The van der Waals surface area contributed by atoms with Crippen molar-refractivity contribution in [2.45, 2.75) is 0 Å². The second-order valence-corrected chi connectivity index (χ2v) is 3.70. The molecule has 0 heterocycles. The van der Waals surface area contributed by atoms with Gasteiger partial charge >= 0.3 is 7.69 Å². The SMILES string of the molecule is Nc1ccc(O[B]Oc2ccc(N)c(F)c2)cc1F. The van der Waals surface area contributed by atoms with Gasteiger partial charge in [0.1, 0.15) is 23.1 Å². The lowest BCUT2D eigenvalue weighted by molar-refractivity contribution is 0.454. The number of nitrogens with two attached hydrogens (primary N) is 2. The summed E-state index contributed by atoms with van der Waals surface area (Å²) in [5.41, 5.74) is 10.7. The Morgan fingerprint density at radius 2 is 1.21 bits per heavy atom.